The number of likely N-dealkylation sites (tertiary alicyclic amines) is 1. The highest BCUT2D eigenvalue weighted by molar-refractivity contribution is 4.95. The first-order chi connectivity index (χ1) is 5.60. The van der Waals surface area contributed by atoms with Crippen LogP contribution in [0.3, 0.4) is 0 Å². The van der Waals surface area contributed by atoms with Crippen LogP contribution in [0.5, 0.6) is 0 Å². The summed E-state index contributed by atoms with van der Waals surface area (Å²) in [5.74, 6) is 0.681. The lowest BCUT2D eigenvalue weighted by molar-refractivity contribution is 0.195. The van der Waals surface area contributed by atoms with Crippen molar-refractivity contribution in [1.82, 2.24) is 4.90 Å². The van der Waals surface area contributed by atoms with Crippen molar-refractivity contribution < 1.29 is 0 Å². The molecule has 0 spiro atoms. The van der Waals surface area contributed by atoms with Crippen molar-refractivity contribution in [2.45, 2.75) is 25.8 Å². The summed E-state index contributed by atoms with van der Waals surface area (Å²) in [7, 11) is 0. The van der Waals surface area contributed by atoms with Crippen LogP contribution in [0.15, 0.2) is 12.7 Å². The van der Waals surface area contributed by atoms with Crippen molar-refractivity contribution in [3.8, 4) is 0 Å². The normalized spacial score (nSPS) is 29.1. The first-order valence-corrected chi connectivity index (χ1v) is 4.66. The molecule has 1 atom stereocenters. The van der Waals surface area contributed by atoms with Crippen molar-refractivity contribution in [1.29, 1.82) is 0 Å². The highest BCUT2D eigenvalue weighted by atomic mass is 15.2. The number of nitrogens with zero attached hydrogens (tertiary/aromatic N) is 1. The molecular formula is C10H20N2. The van der Waals surface area contributed by atoms with E-state index in [0.717, 1.165) is 19.6 Å². The summed E-state index contributed by atoms with van der Waals surface area (Å²) >= 11 is 0. The van der Waals surface area contributed by atoms with Gasteiger partial charge in [-0.05, 0) is 32.7 Å². The fourth-order valence-corrected chi connectivity index (χ4v) is 2.09. The maximum atomic E-state index is 5.66. The fraction of sp³-hybridized carbons (Fsp3) is 0.800. The third kappa shape index (κ3) is 1.87. The van der Waals surface area contributed by atoms with Gasteiger partial charge in [-0.3, -0.25) is 4.90 Å². The molecule has 1 aliphatic rings. The Labute approximate surface area is 75.4 Å². The molecule has 0 amide bonds. The summed E-state index contributed by atoms with van der Waals surface area (Å²) in [6, 6.07) is 0. The molecule has 1 fully saturated rings. The van der Waals surface area contributed by atoms with E-state index in [2.05, 4.69) is 25.3 Å². The number of rotatable bonds is 3. The summed E-state index contributed by atoms with van der Waals surface area (Å²) in [4.78, 5) is 2.46. The second-order valence-corrected chi connectivity index (χ2v) is 4.31. The van der Waals surface area contributed by atoms with Gasteiger partial charge in [0, 0.05) is 18.6 Å². The van der Waals surface area contributed by atoms with Gasteiger partial charge in [0.2, 0.25) is 0 Å². The van der Waals surface area contributed by atoms with Crippen molar-refractivity contribution in [2.75, 3.05) is 19.6 Å². The number of nitrogens with two attached hydrogens (primary N) is 1. The Morgan fingerprint density at radius 1 is 1.67 bits per heavy atom. The van der Waals surface area contributed by atoms with Crippen LogP contribution >= 0.6 is 0 Å². The maximum Gasteiger partial charge on any atom is 0.0166 e. The summed E-state index contributed by atoms with van der Waals surface area (Å²) < 4.78 is 0. The third-order valence-electron chi connectivity index (χ3n) is 2.81. The molecule has 2 nitrogen and oxygen atoms in total. The zero-order chi connectivity index (χ0) is 9.19. The van der Waals surface area contributed by atoms with Crippen LogP contribution in [0, 0.1) is 5.92 Å². The molecule has 0 saturated carbocycles. The van der Waals surface area contributed by atoms with Crippen LogP contribution in [0.1, 0.15) is 20.3 Å². The van der Waals surface area contributed by atoms with Gasteiger partial charge >= 0.3 is 0 Å². The summed E-state index contributed by atoms with van der Waals surface area (Å²) in [5.41, 5.74) is 5.98. The lowest BCUT2D eigenvalue weighted by atomic mass is 9.96. The Morgan fingerprint density at radius 2 is 2.33 bits per heavy atom. The second-order valence-electron chi connectivity index (χ2n) is 4.31. The average molecular weight is 168 g/mol. The maximum absolute atomic E-state index is 5.66. The van der Waals surface area contributed by atoms with E-state index in [0.29, 0.717) is 11.5 Å². The van der Waals surface area contributed by atoms with Crippen LogP contribution in [0.2, 0.25) is 0 Å². The smallest absolute Gasteiger partial charge is 0.0166 e. The quantitative estimate of drug-likeness (QED) is 0.642. The van der Waals surface area contributed by atoms with E-state index in [1.807, 2.05) is 6.08 Å². The monoisotopic (exact) mass is 168 g/mol. The Kier molecular flexibility index (Phi) is 2.91. The minimum Gasteiger partial charge on any atom is -0.330 e. The van der Waals surface area contributed by atoms with Gasteiger partial charge in [-0.25, -0.2) is 0 Å². The first-order valence-electron chi connectivity index (χ1n) is 4.66. The molecule has 1 rings (SSSR count). The minimum atomic E-state index is 0.318. The molecule has 2 heteroatoms. The Bertz CT molecular complexity index is 163. The van der Waals surface area contributed by atoms with Crippen molar-refractivity contribution >= 4 is 0 Å². The van der Waals surface area contributed by atoms with E-state index in [9.17, 15) is 0 Å². The molecule has 12 heavy (non-hydrogen) atoms. The van der Waals surface area contributed by atoms with Crippen molar-refractivity contribution in [2.24, 2.45) is 11.7 Å². The predicted molar refractivity (Wildman–Crippen MR) is 53.0 cm³/mol. The van der Waals surface area contributed by atoms with Gasteiger partial charge in [0.1, 0.15) is 0 Å². The minimum absolute atomic E-state index is 0.318. The van der Waals surface area contributed by atoms with Gasteiger partial charge in [-0.2, -0.15) is 0 Å². The highest BCUT2D eigenvalue weighted by Gasteiger charge is 2.36. The SMILES string of the molecule is C=CCN1CC(CN)CC1(C)C. The Balaban J connectivity index is 2.57. The molecule has 0 bridgehead atoms. The van der Waals surface area contributed by atoms with E-state index in [1.54, 1.807) is 0 Å². The molecule has 0 aliphatic carbocycles. The molecule has 0 radical (unpaired) electrons. The molecule has 0 aromatic heterocycles. The predicted octanol–water partition coefficient (Wildman–Crippen LogP) is 1.23. The van der Waals surface area contributed by atoms with Gasteiger partial charge < -0.3 is 5.73 Å². The molecule has 0 aromatic carbocycles. The zero-order valence-electron chi connectivity index (χ0n) is 8.21. The van der Waals surface area contributed by atoms with Crippen LogP contribution in [0.4, 0.5) is 0 Å². The van der Waals surface area contributed by atoms with Crippen LogP contribution < -0.4 is 5.73 Å². The summed E-state index contributed by atoms with van der Waals surface area (Å²) in [5, 5.41) is 0. The Morgan fingerprint density at radius 3 is 2.75 bits per heavy atom. The molecule has 1 aliphatic heterocycles. The molecule has 70 valence electrons. The van der Waals surface area contributed by atoms with Crippen LogP contribution in [-0.2, 0) is 0 Å². The molecule has 1 unspecified atom stereocenters. The molecule has 2 N–H and O–H groups in total. The average Bonchev–Trinajstić information content (AvgIpc) is 2.28. The standard InChI is InChI=1S/C10H20N2/c1-4-5-12-8-9(7-11)6-10(12,2)3/h4,9H,1,5-8,11H2,2-3H3. The number of hydrogen-bond acceptors (Lipinski definition) is 2. The van der Waals surface area contributed by atoms with E-state index in [-0.39, 0.29) is 0 Å². The fourth-order valence-electron chi connectivity index (χ4n) is 2.09. The summed E-state index contributed by atoms with van der Waals surface area (Å²) in [6.07, 6.45) is 3.19. The van der Waals surface area contributed by atoms with E-state index in [1.165, 1.54) is 6.42 Å². The highest BCUT2D eigenvalue weighted by Crippen LogP contribution is 2.31. The summed E-state index contributed by atoms with van der Waals surface area (Å²) in [6.45, 7) is 11.3. The first kappa shape index (κ1) is 9.75. The Hall–Kier alpha value is -0.340. The van der Waals surface area contributed by atoms with Crippen LogP contribution in [-0.4, -0.2) is 30.1 Å². The van der Waals surface area contributed by atoms with Gasteiger partial charge in [0.25, 0.3) is 0 Å². The van der Waals surface area contributed by atoms with E-state index >= 15 is 0 Å². The van der Waals surface area contributed by atoms with Crippen molar-refractivity contribution in [3.05, 3.63) is 12.7 Å². The van der Waals surface area contributed by atoms with E-state index < -0.39 is 0 Å². The molecular weight excluding hydrogens is 148 g/mol. The van der Waals surface area contributed by atoms with Crippen LogP contribution in [0.25, 0.3) is 0 Å². The molecule has 1 saturated heterocycles. The zero-order valence-corrected chi connectivity index (χ0v) is 8.21. The van der Waals surface area contributed by atoms with Crippen molar-refractivity contribution in [3.63, 3.8) is 0 Å². The van der Waals surface area contributed by atoms with E-state index in [4.69, 9.17) is 5.73 Å². The topological polar surface area (TPSA) is 29.3 Å². The largest absolute Gasteiger partial charge is 0.330 e. The lowest BCUT2D eigenvalue weighted by Crippen LogP contribution is -2.38. The van der Waals surface area contributed by atoms with Gasteiger partial charge in [-0.1, -0.05) is 6.08 Å². The third-order valence-corrected chi connectivity index (χ3v) is 2.81. The lowest BCUT2D eigenvalue weighted by Gasteiger charge is -2.30. The molecule has 1 heterocycles. The van der Waals surface area contributed by atoms with Gasteiger partial charge in [0.15, 0.2) is 0 Å². The van der Waals surface area contributed by atoms with Gasteiger partial charge in [-0.15, -0.1) is 6.58 Å². The molecule has 0 aromatic rings. The second kappa shape index (κ2) is 3.58. The number of hydrogen-bond donors (Lipinski definition) is 1. The van der Waals surface area contributed by atoms with Gasteiger partial charge in [0.05, 0.1) is 0 Å².